The molecule has 1 saturated carbocycles. The predicted octanol–water partition coefficient (Wildman–Crippen LogP) is 5.95. The zero-order valence-corrected chi connectivity index (χ0v) is 18.2. The average molecular weight is 484 g/mol. The summed E-state index contributed by atoms with van der Waals surface area (Å²) in [6, 6.07) is 10.4. The van der Waals surface area contributed by atoms with E-state index in [1.54, 1.807) is 18.2 Å². The van der Waals surface area contributed by atoms with E-state index in [2.05, 4.69) is 0 Å². The topological polar surface area (TPSA) is 87.6 Å². The largest absolute Gasteiger partial charge is 0.458 e. The third-order valence-electron chi connectivity index (χ3n) is 5.75. The Balaban J connectivity index is 1.50. The normalized spacial score (nSPS) is 19.2. The Labute approximate surface area is 193 Å². The lowest BCUT2D eigenvalue weighted by molar-refractivity contribution is -0.237. The molecule has 0 amide bonds. The van der Waals surface area contributed by atoms with Crippen LogP contribution in [0.2, 0.25) is 0 Å². The van der Waals surface area contributed by atoms with Crippen molar-refractivity contribution >= 4 is 23.4 Å². The van der Waals surface area contributed by atoms with Gasteiger partial charge in [0.15, 0.2) is 0 Å². The third-order valence-corrected chi connectivity index (χ3v) is 5.75. The molecule has 2 aromatic rings. The van der Waals surface area contributed by atoms with Crippen LogP contribution in [0.15, 0.2) is 48.5 Å². The van der Waals surface area contributed by atoms with Gasteiger partial charge in [-0.1, -0.05) is 18.2 Å². The predicted molar refractivity (Wildman–Crippen MR) is 118 cm³/mol. The van der Waals surface area contributed by atoms with Crippen molar-refractivity contribution in [1.82, 2.24) is 0 Å². The van der Waals surface area contributed by atoms with E-state index in [1.165, 1.54) is 36.4 Å². The zero-order chi connectivity index (χ0) is 24.9. The van der Waals surface area contributed by atoms with E-state index in [0.29, 0.717) is 22.5 Å². The number of alkyl halides is 5. The smallest absolute Gasteiger partial charge is 0.400 e. The van der Waals surface area contributed by atoms with Crippen molar-refractivity contribution in [1.29, 1.82) is 0 Å². The molecule has 10 heteroatoms. The number of anilines is 2. The van der Waals surface area contributed by atoms with Crippen LogP contribution >= 0.6 is 0 Å². The van der Waals surface area contributed by atoms with Gasteiger partial charge in [0.2, 0.25) is 0 Å². The molecule has 2 aromatic carbocycles. The summed E-state index contributed by atoms with van der Waals surface area (Å²) in [5.41, 5.74) is 13.4. The van der Waals surface area contributed by atoms with Crippen LogP contribution in [0.25, 0.3) is 6.08 Å². The fourth-order valence-corrected chi connectivity index (χ4v) is 3.75. The molecule has 4 N–H and O–H groups in total. The first-order chi connectivity index (χ1) is 15.9. The van der Waals surface area contributed by atoms with Crippen LogP contribution in [0.5, 0.6) is 5.75 Å². The Bertz CT molecular complexity index is 1010. The number of benzene rings is 2. The van der Waals surface area contributed by atoms with E-state index < -0.39 is 30.1 Å². The van der Waals surface area contributed by atoms with Crippen LogP contribution in [0, 0.1) is 11.8 Å². The van der Waals surface area contributed by atoms with Gasteiger partial charge in [0, 0.05) is 23.0 Å². The summed E-state index contributed by atoms with van der Waals surface area (Å²) in [5.74, 6) is -3.57. The molecule has 1 fully saturated rings. The van der Waals surface area contributed by atoms with Crippen molar-refractivity contribution in [3.63, 3.8) is 0 Å². The van der Waals surface area contributed by atoms with Crippen LogP contribution < -0.4 is 16.2 Å². The Morgan fingerprint density at radius 2 is 1.56 bits per heavy atom. The minimum absolute atomic E-state index is 0.0397. The van der Waals surface area contributed by atoms with Crippen molar-refractivity contribution in [2.45, 2.75) is 44.6 Å². The van der Waals surface area contributed by atoms with Gasteiger partial charge in [-0.15, -0.1) is 0 Å². The van der Waals surface area contributed by atoms with Gasteiger partial charge >= 0.3 is 18.3 Å². The fraction of sp³-hybridized carbons (Fsp3) is 0.375. The van der Waals surface area contributed by atoms with Gasteiger partial charge in [0.1, 0.15) is 12.4 Å². The summed E-state index contributed by atoms with van der Waals surface area (Å²) >= 11 is 0. The van der Waals surface area contributed by atoms with E-state index in [1.807, 2.05) is 0 Å². The number of carbonyl (C=O) groups excluding carboxylic acids is 1. The molecule has 0 heterocycles. The van der Waals surface area contributed by atoms with Crippen molar-refractivity contribution in [2.75, 3.05) is 11.5 Å². The first-order valence-corrected chi connectivity index (χ1v) is 10.7. The maximum Gasteiger partial charge on any atom is 0.400 e. The summed E-state index contributed by atoms with van der Waals surface area (Å²) in [6.45, 7) is -0.0397. The van der Waals surface area contributed by atoms with Gasteiger partial charge in [-0.2, -0.15) is 22.0 Å². The average Bonchev–Trinajstić information content (AvgIpc) is 2.77. The molecule has 0 aromatic heterocycles. The summed E-state index contributed by atoms with van der Waals surface area (Å²) < 4.78 is 77.1. The highest BCUT2D eigenvalue weighted by Gasteiger charge is 2.48. The first kappa shape index (κ1) is 25.3. The minimum atomic E-state index is -4.36. The molecule has 3 rings (SSSR count). The second-order valence-electron chi connectivity index (χ2n) is 8.22. The lowest BCUT2D eigenvalue weighted by atomic mass is 9.81. The van der Waals surface area contributed by atoms with Gasteiger partial charge in [-0.3, -0.25) is 0 Å². The molecule has 0 aliphatic heterocycles. The molecule has 0 saturated heterocycles. The van der Waals surface area contributed by atoms with Crippen molar-refractivity contribution in [3.8, 4) is 5.75 Å². The molecule has 184 valence electrons. The number of esters is 1. The number of ether oxygens (including phenoxy) is 2. The lowest BCUT2D eigenvalue weighted by Gasteiger charge is -2.33. The second-order valence-corrected chi connectivity index (χ2v) is 8.22. The van der Waals surface area contributed by atoms with E-state index >= 15 is 0 Å². The highest BCUT2D eigenvalue weighted by molar-refractivity contribution is 5.87. The van der Waals surface area contributed by atoms with Gasteiger partial charge in [-0.25, -0.2) is 4.79 Å². The Kier molecular flexibility index (Phi) is 7.68. The molecule has 0 unspecified atom stereocenters. The third kappa shape index (κ3) is 6.85. The Morgan fingerprint density at radius 3 is 2.15 bits per heavy atom. The molecule has 0 bridgehead atoms. The minimum Gasteiger partial charge on any atom is -0.458 e. The number of hydrogen-bond acceptors (Lipinski definition) is 5. The van der Waals surface area contributed by atoms with Crippen LogP contribution in [-0.4, -0.2) is 18.3 Å². The molecule has 1 aliphatic rings. The highest BCUT2D eigenvalue weighted by Crippen LogP contribution is 2.44. The molecule has 0 atom stereocenters. The Hall–Kier alpha value is -3.30. The second kappa shape index (κ2) is 10.3. The maximum absolute atomic E-state index is 14.5. The number of halogens is 5. The number of nitrogen functional groups attached to an aromatic ring is 2. The van der Waals surface area contributed by atoms with E-state index in [-0.39, 0.29) is 38.0 Å². The summed E-state index contributed by atoms with van der Waals surface area (Å²) in [4.78, 5) is 11.9. The van der Waals surface area contributed by atoms with Gasteiger partial charge in [0.25, 0.3) is 0 Å². The molecular weight excluding hydrogens is 459 g/mol. The number of hydrogen-bond donors (Lipinski definition) is 2. The van der Waals surface area contributed by atoms with Crippen LogP contribution in [-0.2, 0) is 16.1 Å². The monoisotopic (exact) mass is 484 g/mol. The lowest BCUT2D eigenvalue weighted by Crippen LogP contribution is -2.39. The van der Waals surface area contributed by atoms with Gasteiger partial charge in [-0.05, 0) is 61.6 Å². The Morgan fingerprint density at radius 1 is 0.941 bits per heavy atom. The number of carbonyl (C=O) groups is 1. The molecule has 0 radical (unpaired) electrons. The molecule has 0 spiro atoms. The standard InChI is InChI=1S/C24H25F5N2O3/c25-23(26,27)17-5-7-18(8-6-17)24(28,29)34-20-10-1-15(2-11-20)3-12-22(32)33-14-16-4-9-19(30)13-21(16)31/h1-4,9-13,17-18H,5-8,14,30-31H2/b12-3+. The quantitative estimate of drug-likeness (QED) is 0.220. The van der Waals surface area contributed by atoms with E-state index in [0.717, 1.165) is 0 Å². The van der Waals surface area contributed by atoms with Crippen LogP contribution in [0.1, 0.15) is 36.8 Å². The molecular formula is C24H25F5N2O3. The molecule has 34 heavy (non-hydrogen) atoms. The molecule has 1 aliphatic carbocycles. The van der Waals surface area contributed by atoms with E-state index in [9.17, 15) is 26.7 Å². The fourth-order valence-electron chi connectivity index (χ4n) is 3.75. The highest BCUT2D eigenvalue weighted by atomic mass is 19.4. The van der Waals surface area contributed by atoms with Crippen molar-refractivity contribution in [2.24, 2.45) is 11.8 Å². The first-order valence-electron chi connectivity index (χ1n) is 10.7. The zero-order valence-electron chi connectivity index (χ0n) is 18.2. The van der Waals surface area contributed by atoms with Gasteiger partial charge in [0.05, 0.1) is 11.8 Å². The van der Waals surface area contributed by atoms with Gasteiger partial charge < -0.3 is 20.9 Å². The van der Waals surface area contributed by atoms with Crippen LogP contribution in [0.4, 0.5) is 33.3 Å². The maximum atomic E-state index is 14.5. The SMILES string of the molecule is Nc1ccc(COC(=O)/C=C/c2ccc(OC(F)(F)C3CCC(C(F)(F)F)CC3)cc2)c(N)c1. The summed E-state index contributed by atoms with van der Waals surface area (Å²) in [5, 5.41) is 0. The van der Waals surface area contributed by atoms with Crippen molar-refractivity contribution < 1.29 is 36.2 Å². The number of nitrogens with two attached hydrogens (primary N) is 2. The van der Waals surface area contributed by atoms with Crippen LogP contribution in [0.3, 0.4) is 0 Å². The number of rotatable bonds is 7. The molecule has 5 nitrogen and oxygen atoms in total. The van der Waals surface area contributed by atoms with E-state index in [4.69, 9.17) is 20.9 Å². The summed E-state index contributed by atoms with van der Waals surface area (Å²) in [6.07, 6.45) is -6.52. The van der Waals surface area contributed by atoms with Crippen molar-refractivity contribution in [3.05, 3.63) is 59.7 Å². The summed E-state index contributed by atoms with van der Waals surface area (Å²) in [7, 11) is 0.